The lowest BCUT2D eigenvalue weighted by Crippen LogP contribution is -2.33. The quantitative estimate of drug-likeness (QED) is 0.238. The van der Waals surface area contributed by atoms with Gasteiger partial charge in [0, 0.05) is 32.5 Å². The molecule has 0 spiro atoms. The fourth-order valence-corrected chi connectivity index (χ4v) is 7.63. The van der Waals surface area contributed by atoms with Crippen LogP contribution < -0.4 is 4.90 Å². The lowest BCUT2D eigenvalue weighted by molar-refractivity contribution is -0.116. The molecular formula is C23H21N3OS4. The molecule has 1 amide bonds. The van der Waals surface area contributed by atoms with Crippen molar-refractivity contribution in [3.05, 3.63) is 53.0 Å². The fourth-order valence-electron chi connectivity index (χ4n) is 3.68. The topological polar surface area (TPSA) is 46.1 Å². The molecule has 0 bridgehead atoms. The number of carbonyl (C=O) groups excluding carboxylic acids is 1. The van der Waals surface area contributed by atoms with Gasteiger partial charge in [0.25, 0.3) is 0 Å². The Balaban J connectivity index is 1.44. The molecule has 1 unspecified atom stereocenters. The number of nitrogens with zero attached hydrogens (tertiary/aromatic N) is 3. The lowest BCUT2D eigenvalue weighted by atomic mass is 10.2. The minimum atomic E-state index is 0.129. The van der Waals surface area contributed by atoms with E-state index in [4.69, 9.17) is 4.98 Å². The summed E-state index contributed by atoms with van der Waals surface area (Å²) in [6.45, 7) is 4.90. The van der Waals surface area contributed by atoms with Crippen molar-refractivity contribution in [1.82, 2.24) is 9.97 Å². The second kappa shape index (κ2) is 8.94. The summed E-state index contributed by atoms with van der Waals surface area (Å²) in [5.74, 6) is 1.23. The zero-order valence-corrected chi connectivity index (χ0v) is 20.5. The van der Waals surface area contributed by atoms with Crippen molar-refractivity contribution >= 4 is 68.0 Å². The second-order valence-electron chi connectivity index (χ2n) is 7.40. The van der Waals surface area contributed by atoms with Crippen LogP contribution in [0.2, 0.25) is 0 Å². The fraction of sp³-hybridized carbons (Fsp3) is 0.261. The van der Waals surface area contributed by atoms with Crippen LogP contribution in [0.25, 0.3) is 20.7 Å². The molecule has 0 N–H and O–H groups in total. The molecule has 3 aromatic heterocycles. The van der Waals surface area contributed by atoms with E-state index in [9.17, 15) is 4.79 Å². The summed E-state index contributed by atoms with van der Waals surface area (Å²) in [6.07, 6.45) is 0.986. The standard InChI is InChI=1S/C23H21N3OS4/c1-14-9-10-26(17-6-3-4-7-19(17)31-14)20(27)13-30-23-21-16(18-8-5-11-28-18)12-29-22(21)24-15(2)25-23/h3-8,11-12,14H,9-10,13H2,1-2H3. The minimum Gasteiger partial charge on any atom is -0.311 e. The van der Waals surface area contributed by atoms with Crippen LogP contribution in [0.1, 0.15) is 19.2 Å². The largest absolute Gasteiger partial charge is 0.311 e. The predicted molar refractivity (Wildman–Crippen MR) is 135 cm³/mol. The van der Waals surface area contributed by atoms with Crippen LogP contribution in [-0.2, 0) is 4.79 Å². The first-order valence-corrected chi connectivity index (χ1v) is 13.7. The number of aromatic nitrogens is 2. The molecule has 8 heteroatoms. The number of para-hydroxylation sites is 1. The first-order valence-electron chi connectivity index (χ1n) is 10.1. The summed E-state index contributed by atoms with van der Waals surface area (Å²) in [6, 6.07) is 12.4. The predicted octanol–water partition coefficient (Wildman–Crippen LogP) is 6.74. The maximum Gasteiger partial charge on any atom is 0.237 e. The summed E-state index contributed by atoms with van der Waals surface area (Å²) in [5.41, 5.74) is 2.19. The van der Waals surface area contributed by atoms with Crippen LogP contribution in [0, 0.1) is 6.92 Å². The molecule has 1 atom stereocenters. The van der Waals surface area contributed by atoms with Gasteiger partial charge in [-0.25, -0.2) is 9.97 Å². The first kappa shape index (κ1) is 21.0. The average molecular weight is 484 g/mol. The molecular weight excluding hydrogens is 463 g/mol. The highest BCUT2D eigenvalue weighted by atomic mass is 32.2. The third kappa shape index (κ3) is 4.26. The average Bonchev–Trinajstić information content (AvgIpc) is 3.39. The molecule has 0 aliphatic carbocycles. The van der Waals surface area contributed by atoms with Gasteiger partial charge in [-0.2, -0.15) is 0 Å². The zero-order valence-electron chi connectivity index (χ0n) is 17.2. The van der Waals surface area contributed by atoms with Gasteiger partial charge in [-0.05, 0) is 36.9 Å². The Morgan fingerprint density at radius 3 is 2.90 bits per heavy atom. The van der Waals surface area contributed by atoms with Crippen molar-refractivity contribution in [3.63, 3.8) is 0 Å². The molecule has 4 nitrogen and oxygen atoms in total. The number of thiophene rings is 2. The monoisotopic (exact) mass is 483 g/mol. The van der Waals surface area contributed by atoms with Gasteiger partial charge in [-0.1, -0.05) is 36.9 Å². The third-order valence-electron chi connectivity index (χ3n) is 5.18. The van der Waals surface area contributed by atoms with Crippen LogP contribution in [0.3, 0.4) is 0 Å². The Morgan fingerprint density at radius 2 is 2.06 bits per heavy atom. The number of rotatable bonds is 4. The van der Waals surface area contributed by atoms with Gasteiger partial charge < -0.3 is 4.90 Å². The van der Waals surface area contributed by atoms with E-state index in [0.29, 0.717) is 11.0 Å². The van der Waals surface area contributed by atoms with Gasteiger partial charge in [-0.3, -0.25) is 4.79 Å². The Labute approximate surface area is 198 Å². The normalized spacial score (nSPS) is 16.3. The molecule has 4 heterocycles. The highest BCUT2D eigenvalue weighted by molar-refractivity contribution is 8.00. The maximum atomic E-state index is 13.3. The van der Waals surface area contributed by atoms with Crippen molar-refractivity contribution in [3.8, 4) is 10.4 Å². The molecule has 31 heavy (non-hydrogen) atoms. The number of aryl methyl sites for hydroxylation is 1. The molecule has 4 aromatic rings. The summed E-state index contributed by atoms with van der Waals surface area (Å²) >= 11 is 6.74. The smallest absolute Gasteiger partial charge is 0.237 e. The highest BCUT2D eigenvalue weighted by Crippen LogP contribution is 2.41. The van der Waals surface area contributed by atoms with E-state index in [1.165, 1.54) is 21.5 Å². The van der Waals surface area contributed by atoms with Crippen molar-refractivity contribution in [2.24, 2.45) is 0 Å². The van der Waals surface area contributed by atoms with Crippen molar-refractivity contribution in [2.75, 3.05) is 17.2 Å². The Bertz CT molecular complexity index is 1240. The number of hydrogen-bond acceptors (Lipinski definition) is 7. The van der Waals surface area contributed by atoms with Crippen LogP contribution in [0.4, 0.5) is 5.69 Å². The zero-order chi connectivity index (χ0) is 21.4. The van der Waals surface area contributed by atoms with Crippen LogP contribution in [0.15, 0.2) is 57.1 Å². The van der Waals surface area contributed by atoms with E-state index in [1.807, 2.05) is 35.7 Å². The molecule has 0 saturated heterocycles. The maximum absolute atomic E-state index is 13.3. The van der Waals surface area contributed by atoms with E-state index >= 15 is 0 Å². The number of amides is 1. The molecule has 1 aliphatic heterocycles. The molecule has 1 aromatic carbocycles. The number of benzene rings is 1. The van der Waals surface area contributed by atoms with Gasteiger partial charge in [-0.15, -0.1) is 34.4 Å². The summed E-state index contributed by atoms with van der Waals surface area (Å²) in [5, 5.41) is 6.69. The molecule has 0 saturated carbocycles. The summed E-state index contributed by atoms with van der Waals surface area (Å²) < 4.78 is 0. The lowest BCUT2D eigenvalue weighted by Gasteiger charge is -2.22. The summed E-state index contributed by atoms with van der Waals surface area (Å²) in [7, 11) is 0. The van der Waals surface area contributed by atoms with Crippen LogP contribution in [0.5, 0.6) is 0 Å². The van der Waals surface area contributed by atoms with Crippen LogP contribution >= 0.6 is 46.2 Å². The first-order chi connectivity index (χ1) is 15.1. The van der Waals surface area contributed by atoms with E-state index in [1.54, 1.807) is 22.7 Å². The van der Waals surface area contributed by atoms with E-state index in [0.717, 1.165) is 45.3 Å². The minimum absolute atomic E-state index is 0.129. The van der Waals surface area contributed by atoms with Crippen molar-refractivity contribution in [1.29, 1.82) is 0 Å². The van der Waals surface area contributed by atoms with Crippen molar-refractivity contribution in [2.45, 2.75) is 35.4 Å². The number of fused-ring (bicyclic) bond motifs is 2. The summed E-state index contributed by atoms with van der Waals surface area (Å²) in [4.78, 5) is 28.0. The third-order valence-corrected chi connectivity index (χ3v) is 9.15. The van der Waals surface area contributed by atoms with Gasteiger partial charge in [0.15, 0.2) is 0 Å². The van der Waals surface area contributed by atoms with E-state index < -0.39 is 0 Å². The highest BCUT2D eigenvalue weighted by Gasteiger charge is 2.25. The van der Waals surface area contributed by atoms with E-state index in [-0.39, 0.29) is 5.91 Å². The molecule has 0 radical (unpaired) electrons. The van der Waals surface area contributed by atoms with E-state index in [2.05, 4.69) is 46.9 Å². The Hall–Kier alpha value is -1.87. The number of thioether (sulfide) groups is 2. The molecule has 5 rings (SSSR count). The number of hydrogen-bond donors (Lipinski definition) is 0. The Morgan fingerprint density at radius 1 is 1.19 bits per heavy atom. The van der Waals surface area contributed by atoms with Gasteiger partial charge in [0.2, 0.25) is 5.91 Å². The van der Waals surface area contributed by atoms with Crippen LogP contribution in [-0.4, -0.2) is 33.4 Å². The molecule has 158 valence electrons. The molecule has 1 aliphatic rings. The Kier molecular flexibility index (Phi) is 6.05. The molecule has 0 fully saturated rings. The second-order valence-corrected chi connectivity index (χ2v) is 11.7. The van der Waals surface area contributed by atoms with Gasteiger partial charge >= 0.3 is 0 Å². The van der Waals surface area contributed by atoms with Gasteiger partial charge in [0.05, 0.1) is 16.8 Å². The SMILES string of the molecule is Cc1nc(SCC(=O)N2CCC(C)Sc3ccccc32)c2c(-c3cccs3)csc2n1. The van der Waals surface area contributed by atoms with Gasteiger partial charge in [0.1, 0.15) is 15.7 Å². The number of anilines is 1. The van der Waals surface area contributed by atoms with Crippen molar-refractivity contribution < 1.29 is 4.79 Å². The number of carbonyl (C=O) groups is 1.